The third-order valence-corrected chi connectivity index (χ3v) is 2.90. The second-order valence-corrected chi connectivity index (χ2v) is 4.43. The van der Waals surface area contributed by atoms with E-state index < -0.39 is 11.7 Å². The summed E-state index contributed by atoms with van der Waals surface area (Å²) in [5.41, 5.74) is 5.57. The number of rotatable bonds is 2. The molecule has 2 aromatic carbocycles. The van der Waals surface area contributed by atoms with E-state index in [0.717, 1.165) is 12.1 Å². The number of hydrogen-bond acceptors (Lipinski definition) is 1. The van der Waals surface area contributed by atoms with E-state index in [4.69, 9.17) is 17.3 Å². The summed E-state index contributed by atoms with van der Waals surface area (Å²) in [6, 6.07) is 12.2. The third-order valence-electron chi connectivity index (χ3n) is 2.57. The molecule has 0 saturated heterocycles. The molecule has 0 aliphatic heterocycles. The van der Waals surface area contributed by atoms with Gasteiger partial charge in [-0.1, -0.05) is 41.9 Å². The summed E-state index contributed by atoms with van der Waals surface area (Å²) < 4.78 is 38.2. The van der Waals surface area contributed by atoms with Gasteiger partial charge in [0.05, 0.1) is 16.3 Å². The van der Waals surface area contributed by atoms with Crippen LogP contribution in [0.15, 0.2) is 53.5 Å². The lowest BCUT2D eigenvalue weighted by atomic mass is 10.2. The Hall–Kier alpha value is -2.01. The van der Waals surface area contributed by atoms with Gasteiger partial charge in [-0.05, 0) is 18.2 Å². The molecule has 2 N–H and O–H groups in total. The fraction of sp³-hybridized carbons (Fsp3) is 0.0714. The van der Waals surface area contributed by atoms with Gasteiger partial charge in [0.15, 0.2) is 0 Å². The van der Waals surface area contributed by atoms with Crippen molar-refractivity contribution in [3.05, 3.63) is 64.7 Å². The Morgan fingerprint density at radius 1 is 1.05 bits per heavy atom. The van der Waals surface area contributed by atoms with Crippen molar-refractivity contribution in [2.24, 2.45) is 10.7 Å². The van der Waals surface area contributed by atoms with Gasteiger partial charge in [0, 0.05) is 5.56 Å². The number of nitrogens with two attached hydrogens (primary N) is 1. The Morgan fingerprint density at radius 2 is 1.70 bits per heavy atom. The van der Waals surface area contributed by atoms with Gasteiger partial charge in [-0.15, -0.1) is 0 Å². The van der Waals surface area contributed by atoms with Crippen molar-refractivity contribution in [3.63, 3.8) is 0 Å². The Kier molecular flexibility index (Phi) is 3.99. The minimum Gasteiger partial charge on any atom is -0.383 e. The minimum atomic E-state index is -4.52. The van der Waals surface area contributed by atoms with Gasteiger partial charge < -0.3 is 5.73 Å². The fourth-order valence-electron chi connectivity index (χ4n) is 1.61. The molecule has 2 nitrogen and oxygen atoms in total. The molecular formula is C14H10ClF3N2. The summed E-state index contributed by atoms with van der Waals surface area (Å²) in [7, 11) is 0. The molecule has 0 fully saturated rings. The zero-order valence-electron chi connectivity index (χ0n) is 10.2. The minimum absolute atomic E-state index is 0.100. The van der Waals surface area contributed by atoms with Crippen LogP contribution in [0.2, 0.25) is 5.02 Å². The van der Waals surface area contributed by atoms with Crippen LogP contribution >= 0.6 is 11.6 Å². The highest BCUT2D eigenvalue weighted by Crippen LogP contribution is 2.36. The standard InChI is InChI=1S/C14H10ClF3N2/c15-12-7-6-10(8-11(12)14(16,17)18)20-13(19)9-4-2-1-3-5-9/h1-8H,(H2,19,20). The van der Waals surface area contributed by atoms with Crippen LogP contribution in [0.4, 0.5) is 18.9 Å². The maximum atomic E-state index is 12.7. The number of amidine groups is 1. The first kappa shape index (κ1) is 14.4. The Bertz CT molecular complexity index is 637. The van der Waals surface area contributed by atoms with Crippen LogP contribution in [0, 0.1) is 0 Å². The van der Waals surface area contributed by atoms with Gasteiger partial charge in [0.25, 0.3) is 0 Å². The number of nitrogens with zero attached hydrogens (tertiary/aromatic N) is 1. The van der Waals surface area contributed by atoms with Crippen molar-refractivity contribution in [1.82, 2.24) is 0 Å². The van der Waals surface area contributed by atoms with E-state index in [1.54, 1.807) is 30.3 Å². The Balaban J connectivity index is 2.40. The summed E-state index contributed by atoms with van der Waals surface area (Å²) in [6.45, 7) is 0. The SMILES string of the molecule is NC(=Nc1ccc(Cl)c(C(F)(F)F)c1)c1ccccc1. The summed E-state index contributed by atoms with van der Waals surface area (Å²) in [6.07, 6.45) is -4.52. The highest BCUT2D eigenvalue weighted by Gasteiger charge is 2.33. The molecule has 0 aliphatic rings. The summed E-state index contributed by atoms with van der Waals surface area (Å²) in [4.78, 5) is 3.98. The first-order valence-electron chi connectivity index (χ1n) is 5.64. The third kappa shape index (κ3) is 3.30. The van der Waals surface area contributed by atoms with Gasteiger partial charge in [-0.3, -0.25) is 0 Å². The first-order valence-corrected chi connectivity index (χ1v) is 6.02. The molecule has 104 valence electrons. The molecule has 0 heterocycles. The van der Waals surface area contributed by atoms with E-state index in [2.05, 4.69) is 4.99 Å². The maximum Gasteiger partial charge on any atom is 0.417 e. The van der Waals surface area contributed by atoms with Crippen molar-refractivity contribution < 1.29 is 13.2 Å². The monoisotopic (exact) mass is 298 g/mol. The van der Waals surface area contributed by atoms with Crippen LogP contribution in [0.3, 0.4) is 0 Å². The van der Waals surface area contributed by atoms with Crippen molar-refractivity contribution in [2.75, 3.05) is 0 Å². The Morgan fingerprint density at radius 3 is 2.30 bits per heavy atom. The number of hydrogen-bond donors (Lipinski definition) is 1. The Labute approximate surface area is 118 Å². The molecule has 0 atom stereocenters. The van der Waals surface area contributed by atoms with Crippen molar-refractivity contribution in [2.45, 2.75) is 6.18 Å². The molecule has 20 heavy (non-hydrogen) atoms. The molecule has 0 bridgehead atoms. The molecule has 0 aliphatic carbocycles. The highest BCUT2D eigenvalue weighted by atomic mass is 35.5. The molecule has 0 saturated carbocycles. The van der Waals surface area contributed by atoms with Gasteiger partial charge >= 0.3 is 6.18 Å². The predicted molar refractivity (Wildman–Crippen MR) is 73.3 cm³/mol. The van der Waals surface area contributed by atoms with Crippen molar-refractivity contribution >= 4 is 23.1 Å². The van der Waals surface area contributed by atoms with Crippen molar-refractivity contribution in [3.8, 4) is 0 Å². The van der Waals surface area contributed by atoms with Crippen LogP contribution in [-0.2, 0) is 6.18 Å². The van der Waals surface area contributed by atoms with E-state index >= 15 is 0 Å². The summed E-state index contributed by atoms with van der Waals surface area (Å²) in [5.74, 6) is 0.140. The smallest absolute Gasteiger partial charge is 0.383 e. The van der Waals surface area contributed by atoms with Gasteiger partial charge in [-0.25, -0.2) is 4.99 Å². The molecule has 2 rings (SSSR count). The van der Waals surface area contributed by atoms with Gasteiger partial charge in [-0.2, -0.15) is 13.2 Å². The average Bonchev–Trinajstić information content (AvgIpc) is 2.40. The van der Waals surface area contributed by atoms with Crippen LogP contribution in [0.1, 0.15) is 11.1 Å². The molecule has 6 heteroatoms. The molecule has 0 unspecified atom stereocenters. The van der Waals surface area contributed by atoms with E-state index in [0.29, 0.717) is 5.56 Å². The number of benzene rings is 2. The molecule has 0 radical (unpaired) electrons. The lowest BCUT2D eigenvalue weighted by molar-refractivity contribution is -0.137. The van der Waals surface area contributed by atoms with Crippen LogP contribution < -0.4 is 5.73 Å². The van der Waals surface area contributed by atoms with Crippen LogP contribution in [0.5, 0.6) is 0 Å². The predicted octanol–water partition coefficient (Wildman–Crippen LogP) is 4.40. The number of alkyl halides is 3. The lowest BCUT2D eigenvalue weighted by Gasteiger charge is -2.09. The van der Waals surface area contributed by atoms with E-state index in [9.17, 15) is 13.2 Å². The van der Waals surface area contributed by atoms with Gasteiger partial charge in [0.1, 0.15) is 5.84 Å². The molecular weight excluding hydrogens is 289 g/mol. The average molecular weight is 299 g/mol. The molecule has 2 aromatic rings. The normalized spacial score (nSPS) is 12.5. The second-order valence-electron chi connectivity index (χ2n) is 4.02. The zero-order chi connectivity index (χ0) is 14.8. The fourth-order valence-corrected chi connectivity index (χ4v) is 1.84. The van der Waals surface area contributed by atoms with Crippen molar-refractivity contribution in [1.29, 1.82) is 0 Å². The van der Waals surface area contributed by atoms with Crippen LogP contribution in [0.25, 0.3) is 0 Å². The van der Waals surface area contributed by atoms with E-state index in [1.165, 1.54) is 6.07 Å². The molecule has 0 aromatic heterocycles. The largest absolute Gasteiger partial charge is 0.417 e. The quantitative estimate of drug-likeness (QED) is 0.648. The maximum absolute atomic E-state index is 12.7. The molecule has 0 amide bonds. The number of aliphatic imine (C=N–C) groups is 1. The van der Waals surface area contributed by atoms with E-state index in [-0.39, 0.29) is 16.5 Å². The van der Waals surface area contributed by atoms with E-state index in [1.807, 2.05) is 0 Å². The molecule has 0 spiro atoms. The zero-order valence-corrected chi connectivity index (χ0v) is 10.9. The number of halogens is 4. The first-order chi connectivity index (χ1) is 9.38. The summed E-state index contributed by atoms with van der Waals surface area (Å²) in [5, 5.41) is -0.366. The summed E-state index contributed by atoms with van der Waals surface area (Å²) >= 11 is 5.53. The highest BCUT2D eigenvalue weighted by molar-refractivity contribution is 6.31. The lowest BCUT2D eigenvalue weighted by Crippen LogP contribution is -2.12. The van der Waals surface area contributed by atoms with Crippen LogP contribution in [-0.4, -0.2) is 5.84 Å². The van der Waals surface area contributed by atoms with Gasteiger partial charge in [0.2, 0.25) is 0 Å². The second kappa shape index (κ2) is 5.54. The topological polar surface area (TPSA) is 38.4 Å².